The van der Waals surface area contributed by atoms with Crippen molar-refractivity contribution in [2.75, 3.05) is 0 Å². The van der Waals surface area contributed by atoms with E-state index in [2.05, 4.69) is 6.92 Å². The summed E-state index contributed by atoms with van der Waals surface area (Å²) in [6, 6.07) is 0. The van der Waals surface area contributed by atoms with E-state index in [9.17, 15) is 9.59 Å². The molecule has 1 atom stereocenters. The summed E-state index contributed by atoms with van der Waals surface area (Å²) in [4.78, 5) is 19.6. The first-order valence-electron chi connectivity index (χ1n) is 2.16. The second kappa shape index (κ2) is 5.28. The van der Waals surface area contributed by atoms with Crippen LogP contribution in [-0.4, -0.2) is 16.9 Å². The molecule has 0 radical (unpaired) electrons. The Morgan fingerprint density at radius 3 is 2.12 bits per heavy atom. The number of carboxylic acid groups (broad SMARTS) is 1. The van der Waals surface area contributed by atoms with Gasteiger partial charge in [-0.1, -0.05) is 0 Å². The Kier molecular flexibility index (Phi) is 5.37. The van der Waals surface area contributed by atoms with Gasteiger partial charge < -0.3 is 12.0 Å². The van der Waals surface area contributed by atoms with E-state index >= 15 is 0 Å². The Morgan fingerprint density at radius 1 is 1.75 bits per heavy atom. The molecular formula is C4H5NaO3. The molecule has 0 aromatic carbocycles. The number of rotatable bonds is 2. The minimum Gasteiger partial charge on any atom is -0.476 e. The summed E-state index contributed by atoms with van der Waals surface area (Å²) in [5, 5.41) is 7.84. The molecule has 0 aliphatic rings. The number of carbonyl (C=O) groups is 2. The van der Waals surface area contributed by atoms with Crippen LogP contribution >= 0.6 is 0 Å². The number of aliphatic carboxylic acids is 1. The van der Waals surface area contributed by atoms with Gasteiger partial charge in [-0.05, 0) is 1.37 Å². The molecule has 0 saturated heterocycles. The fourth-order valence-corrected chi connectivity index (χ4v) is 0.0873. The largest absolute Gasteiger partial charge is 1.00 e. The van der Waals surface area contributed by atoms with Crippen molar-refractivity contribution in [1.29, 1.82) is 0 Å². The van der Waals surface area contributed by atoms with Crippen LogP contribution in [0.2, 0.25) is 0 Å². The number of hydrogen-bond acceptors (Lipinski definition) is 2. The SMILES string of the molecule is [2H][13CH]([13CH2-])[13C](=O)[13C](=O)O.[Na+]. The summed E-state index contributed by atoms with van der Waals surface area (Å²) in [6.45, 7) is 2.90. The minimum atomic E-state index is -1.60. The summed E-state index contributed by atoms with van der Waals surface area (Å²) in [7, 11) is 0. The first-order valence-corrected chi connectivity index (χ1v) is 1.58. The summed E-state index contributed by atoms with van der Waals surface area (Å²) in [5.41, 5.74) is 0. The van der Waals surface area contributed by atoms with Gasteiger partial charge in [0.2, 0.25) is 5.78 Å². The normalized spacial score (nSPS) is 12.9. The second-order valence-corrected chi connectivity index (χ2v) is 0.874. The summed E-state index contributed by atoms with van der Waals surface area (Å²) in [5.74, 6) is -2.77. The molecule has 0 aromatic rings. The van der Waals surface area contributed by atoms with Crippen LogP contribution in [0.4, 0.5) is 0 Å². The molecule has 0 rings (SSSR count). The van der Waals surface area contributed by atoms with Gasteiger partial charge in [-0.2, -0.15) is 0 Å². The Balaban J connectivity index is 0. The number of carbonyl (C=O) groups excluding carboxylic acids is 1. The van der Waals surface area contributed by atoms with Gasteiger partial charge in [-0.15, -0.1) is 6.40 Å². The molecule has 8 heavy (non-hydrogen) atoms. The minimum absolute atomic E-state index is 0. The fourth-order valence-electron chi connectivity index (χ4n) is 0.0873. The topological polar surface area (TPSA) is 54.4 Å². The van der Waals surface area contributed by atoms with E-state index < -0.39 is 18.1 Å². The van der Waals surface area contributed by atoms with E-state index in [1.54, 1.807) is 0 Å². The van der Waals surface area contributed by atoms with Gasteiger partial charge in [0, 0.05) is 0 Å². The first-order chi connectivity index (χ1) is 3.55. The summed E-state index contributed by atoms with van der Waals surface area (Å²) < 4.78 is 6.47. The molecule has 0 aromatic heterocycles. The van der Waals surface area contributed by atoms with Crippen LogP contribution in [0.5, 0.6) is 0 Å². The van der Waals surface area contributed by atoms with Crippen molar-refractivity contribution in [3.8, 4) is 0 Å². The Morgan fingerprint density at radius 2 is 2.12 bits per heavy atom. The number of carboxylic acids is 1. The van der Waals surface area contributed by atoms with Gasteiger partial charge in [-0.3, -0.25) is 4.79 Å². The van der Waals surface area contributed by atoms with Crippen molar-refractivity contribution >= 4 is 11.8 Å². The third-order valence-electron chi connectivity index (χ3n) is 0.396. The smallest absolute Gasteiger partial charge is 0.476 e. The van der Waals surface area contributed by atoms with Crippen molar-refractivity contribution in [1.82, 2.24) is 0 Å². The molecule has 1 unspecified atom stereocenters. The number of Topliss-reactive ketones (excluding diaryl/α,β-unsaturated/α-hetero) is 1. The van der Waals surface area contributed by atoms with E-state index in [-0.39, 0.29) is 29.6 Å². The third kappa shape index (κ3) is 4.30. The van der Waals surface area contributed by atoms with Crippen molar-refractivity contribution in [2.24, 2.45) is 0 Å². The zero-order valence-electron chi connectivity index (χ0n) is 5.55. The average Bonchev–Trinajstić information content (AvgIpc) is 1.64. The van der Waals surface area contributed by atoms with Gasteiger partial charge >= 0.3 is 35.5 Å². The zero-order valence-corrected chi connectivity index (χ0v) is 6.55. The molecular weight excluding hydrogens is 123 g/mol. The number of hydrogen-bond donors (Lipinski definition) is 1. The van der Waals surface area contributed by atoms with Crippen LogP contribution in [0.1, 0.15) is 7.77 Å². The van der Waals surface area contributed by atoms with Crippen molar-refractivity contribution < 1.29 is 45.6 Å². The number of ketones is 1. The predicted octanol–water partition coefficient (Wildman–Crippen LogP) is -3.13. The monoisotopic (exact) mass is 129 g/mol. The van der Waals surface area contributed by atoms with E-state index in [4.69, 9.17) is 6.48 Å². The van der Waals surface area contributed by atoms with Crippen LogP contribution in [0, 0.1) is 6.92 Å². The molecule has 1 N–H and O–H groups in total. The van der Waals surface area contributed by atoms with Crippen LogP contribution < -0.4 is 29.6 Å². The van der Waals surface area contributed by atoms with Gasteiger partial charge in [0.25, 0.3) is 0 Å². The molecule has 0 aliphatic heterocycles. The first kappa shape index (κ1) is 8.14. The average molecular weight is 129 g/mol. The van der Waals surface area contributed by atoms with E-state index in [1.165, 1.54) is 0 Å². The molecule has 3 nitrogen and oxygen atoms in total. The van der Waals surface area contributed by atoms with Crippen LogP contribution in [0.15, 0.2) is 0 Å². The zero-order chi connectivity index (χ0) is 6.73. The van der Waals surface area contributed by atoms with Gasteiger partial charge in [0.15, 0.2) is 0 Å². The Bertz CT molecular complexity index is 123. The molecule has 0 aliphatic carbocycles. The molecule has 0 heterocycles. The maximum absolute atomic E-state index is 9.99. The molecule has 0 spiro atoms. The fraction of sp³-hybridized carbons (Fsp3) is 0.250. The molecule has 0 saturated carbocycles. The summed E-state index contributed by atoms with van der Waals surface area (Å²) >= 11 is 0. The van der Waals surface area contributed by atoms with Crippen molar-refractivity contribution in [3.63, 3.8) is 0 Å². The van der Waals surface area contributed by atoms with Crippen LogP contribution in [0.25, 0.3) is 0 Å². The second-order valence-electron chi connectivity index (χ2n) is 0.874. The van der Waals surface area contributed by atoms with E-state index in [0.717, 1.165) is 0 Å². The van der Waals surface area contributed by atoms with Gasteiger partial charge in [-0.25, -0.2) is 4.79 Å². The molecule has 0 fully saturated rings. The van der Waals surface area contributed by atoms with Crippen LogP contribution in [0.3, 0.4) is 0 Å². The Labute approximate surface area is 70.8 Å². The van der Waals surface area contributed by atoms with Crippen LogP contribution in [-0.2, 0) is 9.59 Å². The molecule has 0 bridgehead atoms. The quantitative estimate of drug-likeness (QED) is 0.185. The van der Waals surface area contributed by atoms with Gasteiger partial charge in [0.1, 0.15) is 0 Å². The van der Waals surface area contributed by atoms with Crippen molar-refractivity contribution in [2.45, 2.75) is 6.40 Å². The van der Waals surface area contributed by atoms with Gasteiger partial charge in [0.05, 0.1) is 0 Å². The molecule has 40 valence electrons. The molecule has 0 amide bonds. The maximum Gasteiger partial charge on any atom is 1.00 e. The standard InChI is InChI=1S/C4H5O3.Na/c1-2-3(5)4(6)7;/h1-2H2,(H,6,7);/q-1;+1/i1+1,2+1D,3+1,4+1;. The predicted molar refractivity (Wildman–Crippen MR) is 22.6 cm³/mol. The Hall–Kier alpha value is 0.140. The third-order valence-corrected chi connectivity index (χ3v) is 0.396. The van der Waals surface area contributed by atoms with E-state index in [1.807, 2.05) is 0 Å². The van der Waals surface area contributed by atoms with Crippen molar-refractivity contribution in [3.05, 3.63) is 6.92 Å². The summed E-state index contributed by atoms with van der Waals surface area (Å²) in [6.07, 6.45) is -1.40. The van der Waals surface area contributed by atoms with E-state index in [0.29, 0.717) is 0 Å². The maximum atomic E-state index is 9.99. The molecule has 4 heteroatoms.